The molecule has 106 valence electrons. The van der Waals surface area contributed by atoms with Crippen LogP contribution in [0.4, 0.5) is 0 Å². The molecule has 6 heteroatoms. The summed E-state index contributed by atoms with van der Waals surface area (Å²) in [6.07, 6.45) is 1.23. The number of aromatic nitrogens is 2. The first-order chi connectivity index (χ1) is 9.76. The smallest absolute Gasteiger partial charge is 0.264 e. The van der Waals surface area contributed by atoms with Crippen molar-refractivity contribution < 1.29 is 19.1 Å². The third-order valence-electron chi connectivity index (χ3n) is 3.09. The third kappa shape index (κ3) is 2.60. The number of aliphatic hydroxyl groups is 1. The van der Waals surface area contributed by atoms with Gasteiger partial charge in [0.2, 0.25) is 0 Å². The molecule has 2 aromatic rings. The van der Waals surface area contributed by atoms with E-state index >= 15 is 0 Å². The molecule has 0 fully saturated rings. The molecule has 1 aromatic carbocycles. The molecule has 1 N–H and O–H groups in total. The summed E-state index contributed by atoms with van der Waals surface area (Å²) in [4.78, 5) is 4.23. The molecule has 0 amide bonds. The lowest BCUT2D eigenvalue weighted by atomic mass is 10.1. The second-order valence-corrected chi connectivity index (χ2v) is 4.67. The fraction of sp³-hybridized carbons (Fsp3) is 0.429. The largest absolute Gasteiger partial charge is 0.490 e. The Balaban J connectivity index is 1.63. The van der Waals surface area contributed by atoms with Gasteiger partial charge in [-0.25, -0.2) is 0 Å². The molecule has 20 heavy (non-hydrogen) atoms. The molecule has 6 nitrogen and oxygen atoms in total. The molecule has 1 aromatic heterocycles. The average molecular weight is 276 g/mol. The molecule has 0 saturated carbocycles. The maximum absolute atomic E-state index is 9.63. The van der Waals surface area contributed by atoms with Gasteiger partial charge in [-0.1, -0.05) is 12.1 Å². The van der Waals surface area contributed by atoms with Crippen LogP contribution in [-0.4, -0.2) is 21.9 Å². The molecule has 0 radical (unpaired) electrons. The van der Waals surface area contributed by atoms with Gasteiger partial charge in [-0.2, -0.15) is 4.98 Å². The summed E-state index contributed by atoms with van der Waals surface area (Å²) in [6, 6.07) is 5.35. The fourth-order valence-electron chi connectivity index (χ4n) is 2.08. The Morgan fingerprint density at radius 2 is 2.35 bits per heavy atom. The van der Waals surface area contributed by atoms with Crippen LogP contribution in [0.25, 0.3) is 0 Å². The highest BCUT2D eigenvalue weighted by atomic mass is 16.5. The number of hydrogen-bond acceptors (Lipinski definition) is 6. The van der Waals surface area contributed by atoms with Crippen molar-refractivity contribution >= 4 is 0 Å². The first-order valence-corrected chi connectivity index (χ1v) is 6.65. The minimum atomic E-state index is -0.549. The van der Waals surface area contributed by atoms with Crippen molar-refractivity contribution in [2.24, 2.45) is 0 Å². The Morgan fingerprint density at radius 1 is 1.45 bits per heavy atom. The molecule has 1 unspecified atom stereocenters. The summed E-state index contributed by atoms with van der Waals surface area (Å²) >= 11 is 0. The van der Waals surface area contributed by atoms with Gasteiger partial charge < -0.3 is 19.1 Å². The predicted octanol–water partition coefficient (Wildman–Crippen LogP) is 2.03. The minimum Gasteiger partial charge on any atom is -0.490 e. The SMILES string of the molecule is CCCc1noc(COc2ccc3c(c2)OCC3O)n1. The summed E-state index contributed by atoms with van der Waals surface area (Å²) in [6.45, 7) is 2.58. The van der Waals surface area contributed by atoms with Crippen molar-refractivity contribution in [3.8, 4) is 11.5 Å². The van der Waals surface area contributed by atoms with Crippen LogP contribution in [-0.2, 0) is 13.0 Å². The molecule has 0 spiro atoms. The molecule has 0 bridgehead atoms. The molecule has 3 rings (SSSR count). The van der Waals surface area contributed by atoms with Gasteiger partial charge >= 0.3 is 0 Å². The Morgan fingerprint density at radius 3 is 3.20 bits per heavy atom. The molecule has 2 heterocycles. The second-order valence-electron chi connectivity index (χ2n) is 4.67. The number of benzene rings is 1. The normalized spacial score (nSPS) is 16.8. The van der Waals surface area contributed by atoms with Crippen LogP contribution >= 0.6 is 0 Å². The number of hydrogen-bond donors (Lipinski definition) is 1. The monoisotopic (exact) mass is 276 g/mol. The fourth-order valence-corrected chi connectivity index (χ4v) is 2.08. The minimum absolute atomic E-state index is 0.220. The van der Waals surface area contributed by atoms with Crippen LogP contribution < -0.4 is 9.47 Å². The van der Waals surface area contributed by atoms with Crippen molar-refractivity contribution in [1.82, 2.24) is 10.1 Å². The first-order valence-electron chi connectivity index (χ1n) is 6.65. The maximum Gasteiger partial charge on any atom is 0.264 e. The van der Waals surface area contributed by atoms with Crippen LogP contribution in [0.2, 0.25) is 0 Å². The number of ether oxygens (including phenoxy) is 2. The molecule has 1 aliphatic heterocycles. The highest BCUT2D eigenvalue weighted by Gasteiger charge is 2.22. The van der Waals surface area contributed by atoms with Crippen LogP contribution in [0.15, 0.2) is 22.7 Å². The van der Waals surface area contributed by atoms with Crippen molar-refractivity contribution in [3.05, 3.63) is 35.5 Å². The summed E-state index contributed by atoms with van der Waals surface area (Å²) < 4.78 is 16.0. The standard InChI is InChI=1S/C14H16N2O4/c1-2-3-13-15-14(20-16-13)8-18-9-4-5-10-11(17)7-19-12(10)6-9/h4-6,11,17H,2-3,7-8H2,1H3. The number of rotatable bonds is 5. The van der Waals surface area contributed by atoms with Crippen molar-refractivity contribution in [3.63, 3.8) is 0 Å². The topological polar surface area (TPSA) is 77.6 Å². The van der Waals surface area contributed by atoms with E-state index in [0.717, 1.165) is 18.4 Å². The number of nitrogens with zero attached hydrogens (tertiary/aromatic N) is 2. The molecular weight excluding hydrogens is 260 g/mol. The average Bonchev–Trinajstić information content (AvgIpc) is 3.04. The van der Waals surface area contributed by atoms with E-state index in [1.54, 1.807) is 18.2 Å². The lowest BCUT2D eigenvalue weighted by Crippen LogP contribution is -1.97. The van der Waals surface area contributed by atoms with Crippen molar-refractivity contribution in [2.75, 3.05) is 6.61 Å². The van der Waals surface area contributed by atoms with Gasteiger partial charge in [-0.05, 0) is 18.6 Å². The summed E-state index contributed by atoms with van der Waals surface area (Å²) in [7, 11) is 0. The molecule has 1 atom stereocenters. The zero-order valence-corrected chi connectivity index (χ0v) is 11.2. The van der Waals surface area contributed by atoms with E-state index in [9.17, 15) is 5.11 Å². The number of aryl methyl sites for hydroxylation is 1. The molecular formula is C14H16N2O4. The summed E-state index contributed by atoms with van der Waals surface area (Å²) in [5.41, 5.74) is 0.792. The van der Waals surface area contributed by atoms with Crippen LogP contribution in [0.1, 0.15) is 36.7 Å². The van der Waals surface area contributed by atoms with Crippen LogP contribution in [0.5, 0.6) is 11.5 Å². The van der Waals surface area contributed by atoms with Gasteiger partial charge in [0.25, 0.3) is 5.89 Å². The van der Waals surface area contributed by atoms with Crippen molar-refractivity contribution in [1.29, 1.82) is 0 Å². The molecule has 0 aliphatic carbocycles. The van der Waals surface area contributed by atoms with Gasteiger partial charge in [-0.15, -0.1) is 0 Å². The van der Waals surface area contributed by atoms with Gasteiger partial charge in [0.15, 0.2) is 12.4 Å². The maximum atomic E-state index is 9.63. The van der Waals surface area contributed by atoms with E-state index in [0.29, 0.717) is 29.8 Å². The molecule has 0 saturated heterocycles. The first kappa shape index (κ1) is 12.9. The number of fused-ring (bicyclic) bond motifs is 1. The second kappa shape index (κ2) is 5.50. The molecule has 1 aliphatic rings. The summed E-state index contributed by atoms with van der Waals surface area (Å²) in [5, 5.41) is 13.5. The van der Waals surface area contributed by atoms with E-state index < -0.39 is 6.10 Å². The van der Waals surface area contributed by atoms with E-state index in [1.165, 1.54) is 0 Å². The zero-order valence-electron chi connectivity index (χ0n) is 11.2. The van der Waals surface area contributed by atoms with Crippen LogP contribution in [0, 0.1) is 0 Å². The highest BCUT2D eigenvalue weighted by molar-refractivity contribution is 5.44. The van der Waals surface area contributed by atoms with Gasteiger partial charge in [0.05, 0.1) is 0 Å². The van der Waals surface area contributed by atoms with Gasteiger partial charge in [0, 0.05) is 18.1 Å². The lowest BCUT2D eigenvalue weighted by Gasteiger charge is -2.05. The predicted molar refractivity (Wildman–Crippen MR) is 69.5 cm³/mol. The Labute approximate surface area is 116 Å². The number of aliphatic hydroxyl groups excluding tert-OH is 1. The quantitative estimate of drug-likeness (QED) is 0.900. The van der Waals surface area contributed by atoms with Gasteiger partial charge in [-0.3, -0.25) is 0 Å². The van der Waals surface area contributed by atoms with E-state index in [4.69, 9.17) is 14.0 Å². The van der Waals surface area contributed by atoms with Crippen molar-refractivity contribution in [2.45, 2.75) is 32.5 Å². The van der Waals surface area contributed by atoms with E-state index in [-0.39, 0.29) is 6.61 Å². The van der Waals surface area contributed by atoms with E-state index in [1.807, 2.05) is 0 Å². The third-order valence-corrected chi connectivity index (χ3v) is 3.09. The Bertz CT molecular complexity index is 597. The zero-order chi connectivity index (χ0) is 13.9. The summed E-state index contributed by atoms with van der Waals surface area (Å²) in [5.74, 6) is 2.46. The van der Waals surface area contributed by atoms with E-state index in [2.05, 4.69) is 17.1 Å². The van der Waals surface area contributed by atoms with Crippen LogP contribution in [0.3, 0.4) is 0 Å². The Kier molecular flexibility index (Phi) is 3.56. The Hall–Kier alpha value is -2.08. The lowest BCUT2D eigenvalue weighted by molar-refractivity contribution is 0.140. The van der Waals surface area contributed by atoms with Gasteiger partial charge in [0.1, 0.15) is 24.2 Å². The highest BCUT2D eigenvalue weighted by Crippen LogP contribution is 2.35.